The molecule has 1 heterocycles. The van der Waals surface area contributed by atoms with E-state index in [0.717, 1.165) is 43.8 Å². The SMILES string of the molecule is Cc1cccc(C)c1NC(=O)ONC1=Nc2ccc(Br)cc2C(c2ccccc2)=NC1. The van der Waals surface area contributed by atoms with Gasteiger partial charge in [0, 0.05) is 21.3 Å². The predicted molar refractivity (Wildman–Crippen MR) is 127 cm³/mol. The van der Waals surface area contributed by atoms with Crippen molar-refractivity contribution >= 4 is 44.9 Å². The van der Waals surface area contributed by atoms with E-state index in [9.17, 15) is 4.79 Å². The number of fused-ring (bicyclic) bond motifs is 1. The molecule has 0 saturated heterocycles. The average molecular weight is 477 g/mol. The van der Waals surface area contributed by atoms with E-state index >= 15 is 0 Å². The van der Waals surface area contributed by atoms with Crippen molar-refractivity contribution in [3.8, 4) is 0 Å². The number of halogens is 1. The Morgan fingerprint density at radius 1 is 1.00 bits per heavy atom. The molecule has 0 aliphatic carbocycles. The van der Waals surface area contributed by atoms with E-state index in [-0.39, 0.29) is 6.54 Å². The van der Waals surface area contributed by atoms with Crippen LogP contribution in [0.2, 0.25) is 0 Å². The first-order valence-electron chi connectivity index (χ1n) is 9.78. The van der Waals surface area contributed by atoms with Crippen LogP contribution < -0.4 is 10.8 Å². The van der Waals surface area contributed by atoms with Gasteiger partial charge in [0.05, 0.1) is 11.4 Å². The van der Waals surface area contributed by atoms with Crippen molar-refractivity contribution < 1.29 is 9.63 Å². The van der Waals surface area contributed by atoms with Gasteiger partial charge >= 0.3 is 6.09 Å². The summed E-state index contributed by atoms with van der Waals surface area (Å²) in [5.41, 5.74) is 8.78. The van der Waals surface area contributed by atoms with Gasteiger partial charge < -0.3 is 4.84 Å². The highest BCUT2D eigenvalue weighted by molar-refractivity contribution is 9.10. The number of nitrogens with zero attached hydrogens (tertiary/aromatic N) is 2. The minimum Gasteiger partial charge on any atom is -0.323 e. The van der Waals surface area contributed by atoms with Crippen molar-refractivity contribution in [1.82, 2.24) is 5.48 Å². The van der Waals surface area contributed by atoms with Crippen LogP contribution in [0.15, 0.2) is 81.2 Å². The lowest BCUT2D eigenvalue weighted by Gasteiger charge is -2.12. The highest BCUT2D eigenvalue weighted by Crippen LogP contribution is 2.28. The molecule has 1 aliphatic rings. The number of rotatable bonds is 2. The van der Waals surface area contributed by atoms with Gasteiger partial charge in [-0.2, -0.15) is 0 Å². The lowest BCUT2D eigenvalue weighted by molar-refractivity contribution is 0.134. The summed E-state index contributed by atoms with van der Waals surface area (Å²) in [6.45, 7) is 4.10. The Labute approximate surface area is 189 Å². The summed E-state index contributed by atoms with van der Waals surface area (Å²) in [5.74, 6) is 0.436. The largest absolute Gasteiger partial charge is 0.435 e. The predicted octanol–water partition coefficient (Wildman–Crippen LogP) is 5.70. The quantitative estimate of drug-likeness (QED) is 0.465. The molecule has 0 radical (unpaired) electrons. The number of hydrogen-bond donors (Lipinski definition) is 2. The van der Waals surface area contributed by atoms with Crippen LogP contribution in [-0.2, 0) is 4.84 Å². The molecule has 2 N–H and O–H groups in total. The second-order valence-electron chi connectivity index (χ2n) is 7.13. The first-order valence-corrected chi connectivity index (χ1v) is 10.6. The van der Waals surface area contributed by atoms with Gasteiger partial charge in [-0.1, -0.05) is 64.5 Å². The first kappa shape index (κ1) is 20.8. The minimum atomic E-state index is -0.618. The van der Waals surface area contributed by atoms with Gasteiger partial charge in [-0.3, -0.25) is 10.3 Å². The zero-order valence-electron chi connectivity index (χ0n) is 17.1. The van der Waals surface area contributed by atoms with Crippen LogP contribution in [0.25, 0.3) is 0 Å². The van der Waals surface area contributed by atoms with Crippen molar-refractivity contribution in [3.63, 3.8) is 0 Å². The van der Waals surface area contributed by atoms with E-state index in [1.165, 1.54) is 0 Å². The van der Waals surface area contributed by atoms with Crippen molar-refractivity contribution in [2.45, 2.75) is 13.8 Å². The molecule has 1 aliphatic heterocycles. The van der Waals surface area contributed by atoms with E-state index in [4.69, 9.17) is 9.83 Å². The topological polar surface area (TPSA) is 75.1 Å². The van der Waals surface area contributed by atoms with Gasteiger partial charge in [-0.15, -0.1) is 0 Å². The standard InChI is InChI=1S/C24H21BrN4O2/c1-15-7-6-8-16(2)22(15)28-24(30)31-29-21-14-26-23(17-9-4-3-5-10-17)19-13-18(25)11-12-20(19)27-21/h3-13H,14H2,1-2H3,(H,27,29)(H,28,30). The zero-order valence-corrected chi connectivity index (χ0v) is 18.7. The van der Waals surface area contributed by atoms with Crippen LogP contribution in [0.3, 0.4) is 0 Å². The molecule has 0 aromatic heterocycles. The molecule has 3 aromatic carbocycles. The van der Waals surface area contributed by atoms with Gasteiger partial charge in [0.1, 0.15) is 6.54 Å². The summed E-state index contributed by atoms with van der Waals surface area (Å²) in [7, 11) is 0. The van der Waals surface area contributed by atoms with Crippen LogP contribution in [0.5, 0.6) is 0 Å². The van der Waals surface area contributed by atoms with Crippen LogP contribution in [0.1, 0.15) is 22.3 Å². The Hall–Kier alpha value is -3.45. The molecule has 7 heteroatoms. The van der Waals surface area contributed by atoms with Crippen molar-refractivity contribution in [2.75, 3.05) is 11.9 Å². The summed E-state index contributed by atoms with van der Waals surface area (Å²) in [6.07, 6.45) is -0.618. The van der Waals surface area contributed by atoms with Crippen molar-refractivity contribution in [1.29, 1.82) is 0 Å². The number of hydroxylamine groups is 1. The van der Waals surface area contributed by atoms with E-state index < -0.39 is 6.09 Å². The molecular weight excluding hydrogens is 456 g/mol. The van der Waals surface area contributed by atoms with E-state index in [2.05, 4.69) is 31.7 Å². The van der Waals surface area contributed by atoms with Gasteiger partial charge in [0.15, 0.2) is 5.84 Å². The molecule has 1 amide bonds. The van der Waals surface area contributed by atoms with Crippen LogP contribution in [0, 0.1) is 13.8 Å². The number of carbonyl (C=O) groups excluding carboxylic acids is 1. The fourth-order valence-electron chi connectivity index (χ4n) is 3.36. The Morgan fingerprint density at radius 3 is 2.48 bits per heavy atom. The smallest absolute Gasteiger partial charge is 0.323 e. The summed E-state index contributed by atoms with van der Waals surface area (Å²) in [6, 6.07) is 21.6. The second kappa shape index (κ2) is 9.14. The number of aryl methyl sites for hydroxylation is 2. The third kappa shape index (κ3) is 4.83. The van der Waals surface area contributed by atoms with Gasteiger partial charge in [0.2, 0.25) is 0 Å². The van der Waals surface area contributed by atoms with E-state index in [1.807, 2.05) is 80.6 Å². The number of aliphatic imine (C=N–C) groups is 2. The highest BCUT2D eigenvalue weighted by atomic mass is 79.9. The van der Waals surface area contributed by atoms with Crippen LogP contribution in [0.4, 0.5) is 16.2 Å². The number of para-hydroxylation sites is 1. The van der Waals surface area contributed by atoms with Crippen LogP contribution in [-0.4, -0.2) is 24.2 Å². The second-order valence-corrected chi connectivity index (χ2v) is 8.05. The molecule has 0 spiro atoms. The van der Waals surface area contributed by atoms with Gasteiger partial charge in [-0.25, -0.2) is 15.3 Å². The van der Waals surface area contributed by atoms with Crippen molar-refractivity contribution in [3.05, 3.63) is 93.5 Å². The maximum Gasteiger partial charge on any atom is 0.435 e. The first-order chi connectivity index (χ1) is 15.0. The molecule has 0 atom stereocenters. The number of amidine groups is 1. The summed E-state index contributed by atoms with van der Waals surface area (Å²) in [4.78, 5) is 26.9. The van der Waals surface area contributed by atoms with E-state index in [0.29, 0.717) is 5.84 Å². The van der Waals surface area contributed by atoms with Crippen LogP contribution >= 0.6 is 15.9 Å². The molecule has 0 saturated carbocycles. The summed E-state index contributed by atoms with van der Waals surface area (Å²) < 4.78 is 0.936. The van der Waals surface area contributed by atoms with E-state index in [1.54, 1.807) is 0 Å². The third-order valence-corrected chi connectivity index (χ3v) is 5.37. The fourth-order valence-corrected chi connectivity index (χ4v) is 3.72. The number of nitrogens with one attached hydrogen (secondary N) is 2. The summed E-state index contributed by atoms with van der Waals surface area (Å²) in [5, 5.41) is 2.77. The molecule has 31 heavy (non-hydrogen) atoms. The maximum absolute atomic E-state index is 12.3. The molecule has 156 valence electrons. The van der Waals surface area contributed by atoms with Gasteiger partial charge in [0.25, 0.3) is 0 Å². The number of benzene rings is 3. The third-order valence-electron chi connectivity index (χ3n) is 4.87. The molecule has 0 bridgehead atoms. The fraction of sp³-hybridized carbons (Fsp3) is 0.125. The molecule has 4 rings (SSSR count). The minimum absolute atomic E-state index is 0.243. The Bertz CT molecular complexity index is 1170. The number of carbonyl (C=O) groups is 1. The Morgan fingerprint density at radius 2 is 1.74 bits per heavy atom. The molecule has 0 unspecified atom stereocenters. The molecule has 6 nitrogen and oxygen atoms in total. The highest BCUT2D eigenvalue weighted by Gasteiger charge is 2.17. The summed E-state index contributed by atoms with van der Waals surface area (Å²) >= 11 is 3.53. The van der Waals surface area contributed by atoms with Gasteiger partial charge in [-0.05, 0) is 43.2 Å². The lowest BCUT2D eigenvalue weighted by Crippen LogP contribution is -2.31. The van der Waals surface area contributed by atoms with Crippen molar-refractivity contribution in [2.24, 2.45) is 9.98 Å². The number of hydrogen-bond acceptors (Lipinski definition) is 5. The maximum atomic E-state index is 12.3. The number of amides is 1. The average Bonchev–Trinajstić information content (AvgIpc) is 2.94. The Balaban J connectivity index is 1.54. The number of anilines is 1. The Kier molecular flexibility index (Phi) is 6.13. The zero-order chi connectivity index (χ0) is 21.8. The monoisotopic (exact) mass is 476 g/mol. The molecule has 3 aromatic rings. The molecule has 0 fully saturated rings. The molecular formula is C24H21BrN4O2. The normalized spacial score (nSPS) is 12.7. The lowest BCUT2D eigenvalue weighted by atomic mass is 10.0.